The molecule has 1 nitrogen and oxygen atoms in total. The Bertz CT molecular complexity index is 55.4. The second-order valence-corrected chi connectivity index (χ2v) is 2.18. The van der Waals surface area contributed by atoms with Crippen LogP contribution in [-0.2, 0) is 4.74 Å². The Kier molecular flexibility index (Phi) is 2.34. The molecule has 0 saturated heterocycles. The van der Waals surface area contributed by atoms with Gasteiger partial charge in [0.1, 0.15) is 0 Å². The van der Waals surface area contributed by atoms with Gasteiger partial charge in [-0.2, -0.15) is 0 Å². The second-order valence-electron chi connectivity index (χ2n) is 2.18. The molecule has 1 radical (unpaired) electrons. The summed E-state index contributed by atoms with van der Waals surface area (Å²) in [6, 6.07) is 0. The quantitative estimate of drug-likeness (QED) is 0.533. The molecule has 0 aromatic carbocycles. The second kappa shape index (κ2) is 3.08. The first-order valence-electron chi connectivity index (χ1n) is 3.41. The van der Waals surface area contributed by atoms with Crippen molar-refractivity contribution in [3.8, 4) is 0 Å². The van der Waals surface area contributed by atoms with Crippen molar-refractivity contribution in [3.05, 3.63) is 6.10 Å². The minimum absolute atomic E-state index is 0.856. The summed E-state index contributed by atoms with van der Waals surface area (Å²) in [4.78, 5) is 0. The highest BCUT2D eigenvalue weighted by molar-refractivity contribution is 4.83. The average molecular weight is 113 g/mol. The van der Waals surface area contributed by atoms with Gasteiger partial charge < -0.3 is 4.74 Å². The number of ether oxygens (including phenoxy) is 1. The molecule has 0 aromatic rings. The Morgan fingerprint density at radius 1 is 1.38 bits per heavy atom. The minimum Gasteiger partial charge on any atom is -0.372 e. The van der Waals surface area contributed by atoms with Crippen molar-refractivity contribution in [1.29, 1.82) is 0 Å². The van der Waals surface area contributed by atoms with Crippen molar-refractivity contribution in [2.24, 2.45) is 0 Å². The fourth-order valence-electron chi connectivity index (χ4n) is 1.12. The molecule has 1 aliphatic carbocycles. The summed E-state index contributed by atoms with van der Waals surface area (Å²) in [6.07, 6.45) is 6.44. The van der Waals surface area contributed by atoms with Crippen LogP contribution in [0.2, 0.25) is 0 Å². The summed E-state index contributed by atoms with van der Waals surface area (Å²) >= 11 is 0. The van der Waals surface area contributed by atoms with E-state index in [0.717, 1.165) is 6.61 Å². The van der Waals surface area contributed by atoms with Gasteiger partial charge in [0, 0.05) is 6.61 Å². The van der Waals surface area contributed by atoms with Crippen molar-refractivity contribution in [2.45, 2.75) is 32.6 Å². The number of hydrogen-bond donors (Lipinski definition) is 0. The fraction of sp³-hybridized carbons (Fsp3) is 0.857. The third-order valence-electron chi connectivity index (χ3n) is 1.51. The summed E-state index contributed by atoms with van der Waals surface area (Å²) in [5.41, 5.74) is 0. The molecular weight excluding hydrogens is 100 g/mol. The molecule has 1 saturated carbocycles. The molecule has 0 spiro atoms. The van der Waals surface area contributed by atoms with E-state index in [9.17, 15) is 0 Å². The van der Waals surface area contributed by atoms with E-state index in [1.807, 2.05) is 6.92 Å². The van der Waals surface area contributed by atoms with Gasteiger partial charge in [0.2, 0.25) is 0 Å². The predicted molar refractivity (Wildman–Crippen MR) is 33.3 cm³/mol. The van der Waals surface area contributed by atoms with Crippen LogP contribution in [0.4, 0.5) is 0 Å². The lowest BCUT2D eigenvalue weighted by Gasteiger charge is -2.04. The lowest BCUT2D eigenvalue weighted by Crippen LogP contribution is -1.95. The van der Waals surface area contributed by atoms with Gasteiger partial charge in [0.05, 0.1) is 6.10 Å². The van der Waals surface area contributed by atoms with Crippen LogP contribution < -0.4 is 0 Å². The van der Waals surface area contributed by atoms with Crippen LogP contribution in [0.1, 0.15) is 32.6 Å². The standard InChI is InChI=1S/C7H13O/c1-2-8-7-5-3-4-6-7/h2-6H2,1H3. The van der Waals surface area contributed by atoms with Gasteiger partial charge in [-0.1, -0.05) is 12.8 Å². The van der Waals surface area contributed by atoms with Crippen molar-refractivity contribution in [2.75, 3.05) is 6.61 Å². The first kappa shape index (κ1) is 6.09. The van der Waals surface area contributed by atoms with E-state index < -0.39 is 0 Å². The molecule has 1 aliphatic rings. The molecule has 0 heterocycles. The maximum atomic E-state index is 5.32. The Hall–Kier alpha value is -0.0400. The zero-order chi connectivity index (χ0) is 5.82. The number of hydrogen-bond acceptors (Lipinski definition) is 1. The molecule has 0 aliphatic heterocycles. The van der Waals surface area contributed by atoms with Crippen LogP contribution in [0, 0.1) is 6.10 Å². The molecule has 0 aromatic heterocycles. The minimum atomic E-state index is 0.856. The normalized spacial score (nSPS) is 22.1. The van der Waals surface area contributed by atoms with Gasteiger partial charge in [-0.05, 0) is 19.8 Å². The molecule has 0 amide bonds. The maximum Gasteiger partial charge on any atom is 0.0970 e. The number of rotatable bonds is 2. The summed E-state index contributed by atoms with van der Waals surface area (Å²) < 4.78 is 5.32. The molecule has 0 unspecified atom stereocenters. The van der Waals surface area contributed by atoms with Crippen LogP contribution >= 0.6 is 0 Å². The highest BCUT2D eigenvalue weighted by Crippen LogP contribution is 2.27. The molecule has 8 heavy (non-hydrogen) atoms. The van der Waals surface area contributed by atoms with Gasteiger partial charge in [0.15, 0.2) is 0 Å². The molecule has 0 bridgehead atoms. The summed E-state index contributed by atoms with van der Waals surface area (Å²) in [6.45, 7) is 2.90. The topological polar surface area (TPSA) is 9.23 Å². The molecule has 47 valence electrons. The lowest BCUT2D eigenvalue weighted by atomic mass is 10.3. The smallest absolute Gasteiger partial charge is 0.0970 e. The van der Waals surface area contributed by atoms with Crippen molar-refractivity contribution in [1.82, 2.24) is 0 Å². The summed E-state index contributed by atoms with van der Waals surface area (Å²) in [5.74, 6) is 0. The first-order chi connectivity index (χ1) is 3.93. The third kappa shape index (κ3) is 1.48. The van der Waals surface area contributed by atoms with E-state index in [1.165, 1.54) is 31.8 Å². The van der Waals surface area contributed by atoms with Gasteiger partial charge in [-0.15, -0.1) is 0 Å². The molecular formula is C7H13O. The Labute approximate surface area is 51.0 Å². The van der Waals surface area contributed by atoms with Crippen LogP contribution in [0.5, 0.6) is 0 Å². The zero-order valence-electron chi connectivity index (χ0n) is 5.44. The first-order valence-corrected chi connectivity index (χ1v) is 3.41. The molecule has 1 fully saturated rings. The van der Waals surface area contributed by atoms with Gasteiger partial charge in [-0.25, -0.2) is 0 Å². The zero-order valence-corrected chi connectivity index (χ0v) is 5.44. The molecule has 1 rings (SSSR count). The van der Waals surface area contributed by atoms with E-state index in [4.69, 9.17) is 4.74 Å². The van der Waals surface area contributed by atoms with Crippen LogP contribution in [-0.4, -0.2) is 6.61 Å². The van der Waals surface area contributed by atoms with Crippen molar-refractivity contribution >= 4 is 0 Å². The van der Waals surface area contributed by atoms with E-state index in [1.54, 1.807) is 0 Å². The summed E-state index contributed by atoms with van der Waals surface area (Å²) in [7, 11) is 0. The van der Waals surface area contributed by atoms with E-state index >= 15 is 0 Å². The van der Waals surface area contributed by atoms with E-state index in [0.29, 0.717) is 0 Å². The lowest BCUT2D eigenvalue weighted by molar-refractivity contribution is 0.153. The highest BCUT2D eigenvalue weighted by atomic mass is 16.5. The Morgan fingerprint density at radius 2 is 2.00 bits per heavy atom. The monoisotopic (exact) mass is 113 g/mol. The molecule has 0 N–H and O–H groups in total. The largest absolute Gasteiger partial charge is 0.372 e. The van der Waals surface area contributed by atoms with Crippen LogP contribution in [0.3, 0.4) is 0 Å². The summed E-state index contributed by atoms with van der Waals surface area (Å²) in [5, 5.41) is 0. The SMILES string of the molecule is CCO[C]1CCCC1. The van der Waals surface area contributed by atoms with E-state index in [-0.39, 0.29) is 0 Å². The molecule has 1 heteroatoms. The fourth-order valence-corrected chi connectivity index (χ4v) is 1.12. The van der Waals surface area contributed by atoms with E-state index in [2.05, 4.69) is 0 Å². The van der Waals surface area contributed by atoms with Gasteiger partial charge in [-0.3, -0.25) is 0 Å². The maximum absolute atomic E-state index is 5.32. The van der Waals surface area contributed by atoms with Crippen molar-refractivity contribution < 1.29 is 4.74 Å². The van der Waals surface area contributed by atoms with Gasteiger partial charge >= 0.3 is 0 Å². The predicted octanol–water partition coefficient (Wildman–Crippen LogP) is 2.13. The van der Waals surface area contributed by atoms with Crippen LogP contribution in [0.25, 0.3) is 0 Å². The Balaban J connectivity index is 2.06. The third-order valence-corrected chi connectivity index (χ3v) is 1.51. The molecule has 0 atom stereocenters. The Morgan fingerprint density at radius 3 is 2.50 bits per heavy atom. The van der Waals surface area contributed by atoms with Gasteiger partial charge in [0.25, 0.3) is 0 Å². The average Bonchev–Trinajstić information content (AvgIpc) is 2.19. The van der Waals surface area contributed by atoms with Crippen LogP contribution in [0.15, 0.2) is 0 Å². The highest BCUT2D eigenvalue weighted by Gasteiger charge is 2.14. The van der Waals surface area contributed by atoms with Crippen molar-refractivity contribution in [3.63, 3.8) is 0 Å².